The Hall–Kier alpha value is -0.610. The molecular weight excluding hydrogens is 262 g/mol. The molecule has 0 spiro atoms. The van der Waals surface area contributed by atoms with Crippen molar-refractivity contribution in [3.05, 3.63) is 0 Å². The highest BCUT2D eigenvalue weighted by Crippen LogP contribution is 2.25. The maximum atomic E-state index is 12.7. The van der Waals surface area contributed by atoms with Gasteiger partial charge in [0.25, 0.3) is 0 Å². The van der Waals surface area contributed by atoms with Crippen molar-refractivity contribution in [1.82, 2.24) is 15.5 Å². The third-order valence-electron chi connectivity index (χ3n) is 5.11. The van der Waals surface area contributed by atoms with E-state index in [2.05, 4.69) is 29.4 Å². The van der Waals surface area contributed by atoms with E-state index in [1.165, 1.54) is 19.4 Å². The van der Waals surface area contributed by atoms with E-state index in [-0.39, 0.29) is 11.4 Å². The fourth-order valence-corrected chi connectivity index (χ4v) is 3.76. The molecule has 122 valence electrons. The summed E-state index contributed by atoms with van der Waals surface area (Å²) in [5.41, 5.74) is -0.270. The average Bonchev–Trinajstić information content (AvgIpc) is 2.97. The van der Waals surface area contributed by atoms with Crippen LogP contribution in [0.5, 0.6) is 0 Å². The number of carbonyl (C=O) groups excluding carboxylic acids is 1. The Morgan fingerprint density at radius 1 is 1.29 bits per heavy atom. The third-order valence-corrected chi connectivity index (χ3v) is 5.11. The van der Waals surface area contributed by atoms with Crippen LogP contribution in [0.15, 0.2) is 0 Å². The first-order valence-corrected chi connectivity index (χ1v) is 8.98. The highest BCUT2D eigenvalue weighted by atomic mass is 16.2. The quantitative estimate of drug-likeness (QED) is 0.757. The smallest absolute Gasteiger partial charge is 0.240 e. The molecule has 2 heterocycles. The summed E-state index contributed by atoms with van der Waals surface area (Å²) in [6, 6.07) is 0.381. The molecule has 0 aromatic rings. The molecule has 2 N–H and O–H groups in total. The average molecular weight is 295 g/mol. The van der Waals surface area contributed by atoms with Crippen LogP contribution >= 0.6 is 0 Å². The van der Waals surface area contributed by atoms with Crippen LogP contribution in [0.4, 0.5) is 0 Å². The first kappa shape index (κ1) is 16.8. The lowest BCUT2D eigenvalue weighted by molar-refractivity contribution is -0.128. The highest BCUT2D eigenvalue weighted by molar-refractivity contribution is 5.87. The molecular formula is C17H33N3O. The summed E-state index contributed by atoms with van der Waals surface area (Å²) in [4.78, 5) is 15.2. The molecule has 21 heavy (non-hydrogen) atoms. The zero-order chi connectivity index (χ0) is 15.1. The Balaban J connectivity index is 1.78. The number of piperidine rings is 1. The summed E-state index contributed by atoms with van der Waals surface area (Å²) in [6.07, 6.45) is 8.94. The van der Waals surface area contributed by atoms with E-state index in [0.29, 0.717) is 6.04 Å². The standard InChI is InChI=1S/C17H33N3O/c1-3-5-12-20-13-7-15(8-14-20)19-16(21)17(9-4-2)10-6-11-18-17/h15,18H,3-14H2,1-2H3,(H,19,21). The van der Waals surface area contributed by atoms with Gasteiger partial charge in [-0.3, -0.25) is 4.79 Å². The van der Waals surface area contributed by atoms with Crippen LogP contribution in [-0.2, 0) is 4.79 Å². The number of nitrogens with zero attached hydrogens (tertiary/aromatic N) is 1. The zero-order valence-electron chi connectivity index (χ0n) is 13.9. The van der Waals surface area contributed by atoms with Crippen LogP contribution in [-0.4, -0.2) is 48.6 Å². The lowest BCUT2D eigenvalue weighted by Gasteiger charge is -2.35. The van der Waals surface area contributed by atoms with Crippen LogP contribution in [0, 0.1) is 0 Å². The van der Waals surface area contributed by atoms with E-state index in [4.69, 9.17) is 0 Å². The number of unbranched alkanes of at least 4 members (excludes halogenated alkanes) is 1. The van der Waals surface area contributed by atoms with Crippen molar-refractivity contribution in [2.45, 2.75) is 76.8 Å². The van der Waals surface area contributed by atoms with Crippen LogP contribution in [0.1, 0.15) is 65.2 Å². The van der Waals surface area contributed by atoms with Crippen molar-refractivity contribution in [3.63, 3.8) is 0 Å². The maximum Gasteiger partial charge on any atom is 0.240 e. The second kappa shape index (κ2) is 8.14. The SMILES string of the molecule is CCCCN1CCC(NC(=O)C2(CCC)CCCN2)CC1. The molecule has 0 aromatic carbocycles. The van der Waals surface area contributed by atoms with Gasteiger partial charge >= 0.3 is 0 Å². The highest BCUT2D eigenvalue weighted by Gasteiger charge is 2.40. The number of hydrogen-bond donors (Lipinski definition) is 2. The van der Waals surface area contributed by atoms with Crippen molar-refractivity contribution in [1.29, 1.82) is 0 Å². The topological polar surface area (TPSA) is 44.4 Å². The van der Waals surface area contributed by atoms with E-state index in [9.17, 15) is 4.79 Å². The van der Waals surface area contributed by atoms with Gasteiger partial charge in [0.2, 0.25) is 5.91 Å². The molecule has 2 saturated heterocycles. The van der Waals surface area contributed by atoms with E-state index in [1.54, 1.807) is 0 Å². The van der Waals surface area contributed by atoms with Crippen LogP contribution in [0.2, 0.25) is 0 Å². The number of likely N-dealkylation sites (tertiary alicyclic amines) is 1. The third kappa shape index (κ3) is 4.43. The zero-order valence-corrected chi connectivity index (χ0v) is 13.9. The fraction of sp³-hybridized carbons (Fsp3) is 0.941. The van der Waals surface area contributed by atoms with Crippen molar-refractivity contribution in [2.24, 2.45) is 0 Å². The minimum Gasteiger partial charge on any atom is -0.352 e. The summed E-state index contributed by atoms with van der Waals surface area (Å²) < 4.78 is 0. The molecule has 0 radical (unpaired) electrons. The molecule has 0 aliphatic carbocycles. The molecule has 1 unspecified atom stereocenters. The summed E-state index contributed by atoms with van der Waals surface area (Å²) in [5, 5.41) is 6.81. The number of nitrogens with one attached hydrogen (secondary N) is 2. The largest absolute Gasteiger partial charge is 0.352 e. The molecule has 2 rings (SSSR count). The number of hydrogen-bond acceptors (Lipinski definition) is 3. The minimum absolute atomic E-state index is 0.258. The lowest BCUT2D eigenvalue weighted by atomic mass is 9.90. The summed E-state index contributed by atoms with van der Waals surface area (Å²) in [5.74, 6) is 0.258. The second-order valence-corrected chi connectivity index (χ2v) is 6.81. The molecule has 0 aromatic heterocycles. The van der Waals surface area contributed by atoms with Gasteiger partial charge in [-0.25, -0.2) is 0 Å². The molecule has 2 fully saturated rings. The maximum absolute atomic E-state index is 12.7. The van der Waals surface area contributed by atoms with Crippen LogP contribution in [0.25, 0.3) is 0 Å². The Kier molecular flexibility index (Phi) is 6.49. The van der Waals surface area contributed by atoms with Crippen LogP contribution in [0.3, 0.4) is 0 Å². The Morgan fingerprint density at radius 3 is 2.62 bits per heavy atom. The normalized spacial score (nSPS) is 27.9. The van der Waals surface area contributed by atoms with Gasteiger partial charge in [-0.15, -0.1) is 0 Å². The molecule has 0 saturated carbocycles. The van der Waals surface area contributed by atoms with Crippen molar-refractivity contribution in [3.8, 4) is 0 Å². The van der Waals surface area contributed by atoms with Gasteiger partial charge in [-0.2, -0.15) is 0 Å². The minimum atomic E-state index is -0.270. The molecule has 2 aliphatic heterocycles. The van der Waals surface area contributed by atoms with Gasteiger partial charge < -0.3 is 15.5 Å². The van der Waals surface area contributed by atoms with Crippen molar-refractivity contribution >= 4 is 5.91 Å². The van der Waals surface area contributed by atoms with Crippen molar-refractivity contribution in [2.75, 3.05) is 26.2 Å². The summed E-state index contributed by atoms with van der Waals surface area (Å²) >= 11 is 0. The van der Waals surface area contributed by atoms with Gasteiger partial charge in [0.05, 0.1) is 5.54 Å². The summed E-state index contributed by atoms with van der Waals surface area (Å²) in [7, 11) is 0. The van der Waals surface area contributed by atoms with Gasteiger partial charge in [-0.05, 0) is 51.6 Å². The summed E-state index contributed by atoms with van der Waals surface area (Å²) in [6.45, 7) is 8.90. The number of amides is 1. The first-order valence-electron chi connectivity index (χ1n) is 8.98. The fourth-order valence-electron chi connectivity index (χ4n) is 3.76. The lowest BCUT2D eigenvalue weighted by Crippen LogP contribution is -2.57. The van der Waals surface area contributed by atoms with Gasteiger partial charge in [0.15, 0.2) is 0 Å². The Morgan fingerprint density at radius 2 is 2.05 bits per heavy atom. The van der Waals surface area contributed by atoms with Crippen LogP contribution < -0.4 is 10.6 Å². The Labute approximate surface area is 130 Å². The molecule has 4 nitrogen and oxygen atoms in total. The predicted molar refractivity (Wildman–Crippen MR) is 87.4 cm³/mol. The second-order valence-electron chi connectivity index (χ2n) is 6.81. The predicted octanol–water partition coefficient (Wildman–Crippen LogP) is 2.29. The first-order chi connectivity index (χ1) is 10.2. The molecule has 1 amide bonds. The number of rotatable bonds is 7. The van der Waals surface area contributed by atoms with Gasteiger partial charge in [0.1, 0.15) is 0 Å². The van der Waals surface area contributed by atoms with E-state index < -0.39 is 0 Å². The monoisotopic (exact) mass is 295 g/mol. The molecule has 0 bridgehead atoms. The van der Waals surface area contributed by atoms with Gasteiger partial charge in [0, 0.05) is 19.1 Å². The Bertz CT molecular complexity index is 318. The molecule has 4 heteroatoms. The van der Waals surface area contributed by atoms with E-state index >= 15 is 0 Å². The number of carbonyl (C=O) groups is 1. The van der Waals surface area contributed by atoms with Crippen molar-refractivity contribution < 1.29 is 4.79 Å². The molecule has 2 aliphatic rings. The van der Waals surface area contributed by atoms with E-state index in [1.807, 2.05) is 0 Å². The van der Waals surface area contributed by atoms with Gasteiger partial charge in [-0.1, -0.05) is 26.7 Å². The molecule has 1 atom stereocenters. The van der Waals surface area contributed by atoms with E-state index in [0.717, 1.165) is 58.2 Å².